The van der Waals surface area contributed by atoms with Crippen LogP contribution in [0, 0.1) is 5.92 Å². The molecule has 1 aromatic carbocycles. The van der Waals surface area contributed by atoms with E-state index in [1.807, 2.05) is 23.1 Å². The van der Waals surface area contributed by atoms with Crippen LogP contribution in [0.25, 0.3) is 0 Å². The molecule has 0 spiro atoms. The number of nitrogens with one attached hydrogen (secondary N) is 2. The molecule has 112 valence electrons. The lowest BCUT2D eigenvalue weighted by Crippen LogP contribution is -2.43. The van der Waals surface area contributed by atoms with E-state index >= 15 is 0 Å². The van der Waals surface area contributed by atoms with Crippen LogP contribution in [-0.2, 0) is 17.8 Å². The van der Waals surface area contributed by atoms with Crippen LogP contribution in [0.15, 0.2) is 18.2 Å². The molecule has 1 saturated carbocycles. The number of carbonyl (C=O) groups is 2. The molecule has 2 aliphatic rings. The van der Waals surface area contributed by atoms with Crippen LogP contribution in [-0.4, -0.2) is 29.9 Å². The highest BCUT2D eigenvalue weighted by Crippen LogP contribution is 2.28. The van der Waals surface area contributed by atoms with Gasteiger partial charge in [-0.2, -0.15) is 0 Å². The number of nitrogens with zero attached hydrogens (tertiary/aromatic N) is 1. The molecule has 0 saturated heterocycles. The molecule has 0 bridgehead atoms. The van der Waals surface area contributed by atoms with Gasteiger partial charge >= 0.3 is 6.03 Å². The first-order chi connectivity index (χ1) is 10.1. The van der Waals surface area contributed by atoms with Crippen molar-refractivity contribution < 1.29 is 9.59 Å². The number of benzene rings is 1. The summed E-state index contributed by atoms with van der Waals surface area (Å²) in [7, 11) is 0. The van der Waals surface area contributed by atoms with E-state index in [-0.39, 0.29) is 11.9 Å². The van der Waals surface area contributed by atoms with Gasteiger partial charge in [0.05, 0.1) is 0 Å². The highest BCUT2D eigenvalue weighted by molar-refractivity contribution is 5.90. The molecule has 2 N–H and O–H groups in total. The third-order valence-electron chi connectivity index (χ3n) is 4.10. The van der Waals surface area contributed by atoms with Gasteiger partial charge in [0, 0.05) is 32.2 Å². The molecule has 3 rings (SSSR count). The largest absolute Gasteiger partial charge is 0.338 e. The van der Waals surface area contributed by atoms with Gasteiger partial charge in [0.2, 0.25) is 5.91 Å². The number of hydrogen-bond donors (Lipinski definition) is 2. The number of hydrogen-bond acceptors (Lipinski definition) is 2. The van der Waals surface area contributed by atoms with Crippen molar-refractivity contribution in [3.05, 3.63) is 29.3 Å². The Balaban J connectivity index is 1.67. The average molecular weight is 287 g/mol. The Hall–Kier alpha value is -2.04. The molecule has 5 heteroatoms. The Morgan fingerprint density at radius 1 is 1.33 bits per heavy atom. The zero-order chi connectivity index (χ0) is 14.8. The van der Waals surface area contributed by atoms with Crippen LogP contribution in [0.4, 0.5) is 10.5 Å². The zero-order valence-corrected chi connectivity index (χ0v) is 12.3. The molecule has 1 heterocycles. The van der Waals surface area contributed by atoms with E-state index in [0.717, 1.165) is 29.8 Å². The molecule has 0 radical (unpaired) electrons. The lowest BCUT2D eigenvalue weighted by atomic mass is 9.98. The van der Waals surface area contributed by atoms with Crippen LogP contribution >= 0.6 is 0 Å². The summed E-state index contributed by atoms with van der Waals surface area (Å²) in [6, 6.07) is 5.90. The minimum absolute atomic E-state index is 0.0254. The van der Waals surface area contributed by atoms with Gasteiger partial charge in [0.25, 0.3) is 0 Å². The van der Waals surface area contributed by atoms with Gasteiger partial charge in [0.1, 0.15) is 0 Å². The Labute approximate surface area is 124 Å². The molecule has 21 heavy (non-hydrogen) atoms. The van der Waals surface area contributed by atoms with Gasteiger partial charge in [-0.3, -0.25) is 4.79 Å². The summed E-state index contributed by atoms with van der Waals surface area (Å²) in [5.41, 5.74) is 3.14. The molecular weight excluding hydrogens is 266 g/mol. The van der Waals surface area contributed by atoms with Crippen LogP contribution in [0.3, 0.4) is 0 Å². The topological polar surface area (TPSA) is 61.4 Å². The van der Waals surface area contributed by atoms with E-state index in [1.165, 1.54) is 19.8 Å². The third-order valence-corrected chi connectivity index (χ3v) is 4.10. The van der Waals surface area contributed by atoms with Crippen LogP contribution < -0.4 is 10.6 Å². The van der Waals surface area contributed by atoms with E-state index in [9.17, 15) is 9.59 Å². The first-order valence-electron chi connectivity index (χ1n) is 7.54. The summed E-state index contributed by atoms with van der Waals surface area (Å²) in [4.78, 5) is 25.2. The number of fused-ring (bicyclic) bond motifs is 1. The summed E-state index contributed by atoms with van der Waals surface area (Å²) in [5.74, 6) is 0.630. The molecule has 1 aliphatic heterocycles. The zero-order valence-electron chi connectivity index (χ0n) is 12.3. The maximum Gasteiger partial charge on any atom is 0.317 e. The second-order valence-corrected chi connectivity index (χ2v) is 5.93. The van der Waals surface area contributed by atoms with Gasteiger partial charge in [0.15, 0.2) is 0 Å². The first kappa shape index (κ1) is 13.9. The van der Waals surface area contributed by atoms with Crippen LogP contribution in [0.2, 0.25) is 0 Å². The molecule has 1 aromatic rings. The number of urea groups is 1. The van der Waals surface area contributed by atoms with Crippen molar-refractivity contribution in [2.75, 3.05) is 18.4 Å². The molecule has 1 aliphatic carbocycles. The number of carbonyl (C=O) groups excluding carboxylic acids is 2. The monoisotopic (exact) mass is 287 g/mol. The maximum atomic E-state index is 12.1. The van der Waals surface area contributed by atoms with E-state index in [1.54, 1.807) is 0 Å². The maximum absolute atomic E-state index is 12.1. The molecular formula is C16H21N3O2. The van der Waals surface area contributed by atoms with Gasteiger partial charge in [-0.25, -0.2) is 4.79 Å². The fraction of sp³-hybridized carbons (Fsp3) is 0.500. The van der Waals surface area contributed by atoms with Gasteiger partial charge in [-0.05, 0) is 42.4 Å². The summed E-state index contributed by atoms with van der Waals surface area (Å²) in [5, 5.41) is 5.88. The van der Waals surface area contributed by atoms with Gasteiger partial charge < -0.3 is 15.5 Å². The van der Waals surface area contributed by atoms with Crippen LogP contribution in [0.5, 0.6) is 0 Å². The standard InChI is InChI=1S/C16H21N3O2/c1-11(20)18-15-4-2-3-13-10-19(8-7-14(13)15)16(21)17-9-12-5-6-12/h2-4,12H,5-10H2,1H3,(H,17,21)(H,18,20). The molecule has 1 fully saturated rings. The Kier molecular flexibility index (Phi) is 3.82. The lowest BCUT2D eigenvalue weighted by Gasteiger charge is -2.30. The van der Waals surface area contributed by atoms with Crippen molar-refractivity contribution in [3.63, 3.8) is 0 Å². The molecule has 0 aromatic heterocycles. The van der Waals surface area contributed by atoms with Crippen molar-refractivity contribution in [1.29, 1.82) is 0 Å². The fourth-order valence-electron chi connectivity index (χ4n) is 2.75. The Bertz CT molecular complexity index is 567. The number of rotatable bonds is 3. The highest BCUT2D eigenvalue weighted by Gasteiger charge is 2.25. The van der Waals surface area contributed by atoms with Crippen molar-refractivity contribution in [2.45, 2.75) is 32.7 Å². The minimum atomic E-state index is -0.0620. The van der Waals surface area contributed by atoms with Gasteiger partial charge in [-0.15, -0.1) is 0 Å². The second-order valence-electron chi connectivity index (χ2n) is 5.93. The van der Waals surface area contributed by atoms with E-state index in [0.29, 0.717) is 19.0 Å². The smallest absolute Gasteiger partial charge is 0.317 e. The Morgan fingerprint density at radius 3 is 2.86 bits per heavy atom. The molecule has 5 nitrogen and oxygen atoms in total. The SMILES string of the molecule is CC(=O)Nc1cccc2c1CCN(C(=O)NCC1CC1)C2. The molecule has 3 amide bonds. The molecule has 0 unspecified atom stereocenters. The van der Waals surface area contributed by atoms with E-state index in [4.69, 9.17) is 0 Å². The van der Waals surface area contributed by atoms with Crippen molar-refractivity contribution in [1.82, 2.24) is 10.2 Å². The molecule has 0 atom stereocenters. The lowest BCUT2D eigenvalue weighted by molar-refractivity contribution is -0.114. The third kappa shape index (κ3) is 3.35. The average Bonchev–Trinajstić information content (AvgIpc) is 3.28. The van der Waals surface area contributed by atoms with Gasteiger partial charge in [-0.1, -0.05) is 12.1 Å². The quantitative estimate of drug-likeness (QED) is 0.894. The predicted molar refractivity (Wildman–Crippen MR) is 81.0 cm³/mol. The van der Waals surface area contributed by atoms with Crippen LogP contribution in [0.1, 0.15) is 30.9 Å². The normalized spacial score (nSPS) is 17.1. The summed E-state index contributed by atoms with van der Waals surface area (Å²) in [6.07, 6.45) is 3.26. The van der Waals surface area contributed by atoms with Crippen molar-refractivity contribution in [2.24, 2.45) is 5.92 Å². The summed E-state index contributed by atoms with van der Waals surface area (Å²) in [6.45, 7) is 3.62. The fourth-order valence-corrected chi connectivity index (χ4v) is 2.75. The van der Waals surface area contributed by atoms with E-state index < -0.39 is 0 Å². The van der Waals surface area contributed by atoms with Crippen molar-refractivity contribution >= 4 is 17.6 Å². The predicted octanol–water partition coefficient (Wildman–Crippen LogP) is 2.12. The highest BCUT2D eigenvalue weighted by atomic mass is 16.2. The summed E-state index contributed by atoms with van der Waals surface area (Å²) >= 11 is 0. The first-order valence-corrected chi connectivity index (χ1v) is 7.54. The van der Waals surface area contributed by atoms with Crippen molar-refractivity contribution in [3.8, 4) is 0 Å². The number of anilines is 1. The number of amides is 3. The Morgan fingerprint density at radius 2 is 2.14 bits per heavy atom. The second kappa shape index (κ2) is 5.76. The summed E-state index contributed by atoms with van der Waals surface area (Å²) < 4.78 is 0. The van der Waals surface area contributed by atoms with E-state index in [2.05, 4.69) is 10.6 Å². The minimum Gasteiger partial charge on any atom is -0.338 e.